The third kappa shape index (κ3) is 4.63. The average Bonchev–Trinajstić information content (AvgIpc) is 2.73. The number of terminal acetylenes is 1. The summed E-state index contributed by atoms with van der Waals surface area (Å²) in [6.07, 6.45) is 8.78. The summed E-state index contributed by atoms with van der Waals surface area (Å²) < 4.78 is 5.34. The summed E-state index contributed by atoms with van der Waals surface area (Å²) in [6.45, 7) is 2.20. The number of rotatable bonds is 7. The number of carbonyl (C=O) groups is 2. The summed E-state index contributed by atoms with van der Waals surface area (Å²) in [5.41, 5.74) is 6.97. The molecule has 0 fully saturated rings. The molecule has 0 bridgehead atoms. The van der Waals surface area contributed by atoms with Gasteiger partial charge in [-0.15, -0.1) is 12.3 Å². The normalized spacial score (nSPS) is 18.5. The van der Waals surface area contributed by atoms with E-state index in [1.54, 1.807) is 7.05 Å². The number of Topliss-reactive ketones (excluding diaryl/α,β-unsaturated/α-hetero) is 1. The second-order valence-electron chi connectivity index (χ2n) is 7.22. The van der Waals surface area contributed by atoms with E-state index < -0.39 is 5.54 Å². The van der Waals surface area contributed by atoms with Crippen LogP contribution in [0, 0.1) is 12.3 Å². The number of guanidine groups is 1. The van der Waals surface area contributed by atoms with Crippen molar-refractivity contribution in [3.05, 3.63) is 53.5 Å². The van der Waals surface area contributed by atoms with Gasteiger partial charge in [0.25, 0.3) is 0 Å². The summed E-state index contributed by atoms with van der Waals surface area (Å²) in [4.78, 5) is 38.9. The van der Waals surface area contributed by atoms with Gasteiger partial charge in [-0.2, -0.15) is 0 Å². The Morgan fingerprint density at radius 3 is 2.83 bits per heavy atom. The molecular formula is C22H23N5O3. The minimum absolute atomic E-state index is 0.105. The van der Waals surface area contributed by atoms with Crippen LogP contribution in [-0.2, 0) is 16.8 Å². The van der Waals surface area contributed by atoms with Crippen LogP contribution in [0.1, 0.15) is 41.4 Å². The molecule has 1 aliphatic heterocycles. The average molecular weight is 405 g/mol. The van der Waals surface area contributed by atoms with Crippen LogP contribution < -0.4 is 10.5 Å². The second kappa shape index (κ2) is 8.74. The van der Waals surface area contributed by atoms with E-state index >= 15 is 0 Å². The van der Waals surface area contributed by atoms with Crippen LogP contribution in [0.15, 0.2) is 41.7 Å². The number of aromatic nitrogens is 2. The molecule has 2 aromatic rings. The maximum Gasteiger partial charge on any atom is 0.232 e. The summed E-state index contributed by atoms with van der Waals surface area (Å²) >= 11 is 0. The number of aliphatic imine (C=N–C) groups is 1. The van der Waals surface area contributed by atoms with Gasteiger partial charge in [0, 0.05) is 19.9 Å². The molecule has 1 atom stereocenters. The first-order valence-corrected chi connectivity index (χ1v) is 9.45. The molecule has 1 amide bonds. The zero-order valence-corrected chi connectivity index (χ0v) is 17.0. The van der Waals surface area contributed by atoms with E-state index in [1.807, 2.05) is 31.2 Å². The number of hydrogen-bond donors (Lipinski definition) is 1. The van der Waals surface area contributed by atoms with Crippen molar-refractivity contribution in [2.75, 3.05) is 13.7 Å². The topological polar surface area (TPSA) is 111 Å². The van der Waals surface area contributed by atoms with Crippen molar-refractivity contribution in [2.45, 2.75) is 31.7 Å². The maximum atomic E-state index is 12.6. The van der Waals surface area contributed by atoms with E-state index in [-0.39, 0.29) is 36.2 Å². The standard InChI is InChI=1S/C22H23N5O3/c1-4-5-9-30-19-14-24-17(13-25-19)18(28)11-15-7-6-8-16(10-15)22(2)12-20(29)27(3)21(23)26-22/h1,6-8,10,13-14H,5,9,11-12H2,2-3H3,(H2,23,26). The molecule has 0 spiro atoms. The van der Waals surface area contributed by atoms with E-state index in [4.69, 9.17) is 16.9 Å². The van der Waals surface area contributed by atoms with Crippen LogP contribution in [0.3, 0.4) is 0 Å². The molecule has 1 aromatic heterocycles. The molecular weight excluding hydrogens is 382 g/mol. The van der Waals surface area contributed by atoms with Gasteiger partial charge in [-0.3, -0.25) is 14.5 Å². The molecule has 1 aliphatic rings. The molecule has 30 heavy (non-hydrogen) atoms. The van der Waals surface area contributed by atoms with Gasteiger partial charge in [-0.1, -0.05) is 24.3 Å². The lowest BCUT2D eigenvalue weighted by molar-refractivity contribution is -0.128. The Balaban J connectivity index is 1.73. The predicted octanol–water partition coefficient (Wildman–Crippen LogP) is 1.70. The fourth-order valence-corrected chi connectivity index (χ4v) is 3.12. The Kier molecular flexibility index (Phi) is 6.11. The van der Waals surface area contributed by atoms with Gasteiger partial charge in [-0.25, -0.2) is 15.0 Å². The molecule has 0 saturated heterocycles. The molecule has 0 radical (unpaired) electrons. The molecule has 8 nitrogen and oxygen atoms in total. The van der Waals surface area contributed by atoms with Gasteiger partial charge >= 0.3 is 0 Å². The van der Waals surface area contributed by atoms with Gasteiger partial charge in [0.05, 0.1) is 24.4 Å². The molecule has 0 saturated carbocycles. The minimum Gasteiger partial charge on any atom is -0.476 e. The lowest BCUT2D eigenvalue weighted by Gasteiger charge is -2.33. The molecule has 3 rings (SSSR count). The monoisotopic (exact) mass is 405 g/mol. The van der Waals surface area contributed by atoms with Gasteiger partial charge in [0.2, 0.25) is 11.8 Å². The number of hydrogen-bond acceptors (Lipinski definition) is 7. The number of ketones is 1. The Morgan fingerprint density at radius 2 is 2.17 bits per heavy atom. The van der Waals surface area contributed by atoms with E-state index in [9.17, 15) is 9.59 Å². The first kappa shape index (κ1) is 21.0. The fraction of sp³-hybridized carbons (Fsp3) is 0.318. The first-order chi connectivity index (χ1) is 14.3. The largest absolute Gasteiger partial charge is 0.476 e. The summed E-state index contributed by atoms with van der Waals surface area (Å²) in [6, 6.07) is 7.44. The van der Waals surface area contributed by atoms with Crippen LogP contribution in [0.2, 0.25) is 0 Å². The van der Waals surface area contributed by atoms with Crippen LogP contribution in [0.25, 0.3) is 0 Å². The number of nitrogens with zero attached hydrogens (tertiary/aromatic N) is 4. The number of amides is 1. The number of benzene rings is 1. The molecule has 2 N–H and O–H groups in total. The van der Waals surface area contributed by atoms with Crippen LogP contribution in [-0.4, -0.2) is 46.2 Å². The van der Waals surface area contributed by atoms with Gasteiger partial charge < -0.3 is 10.5 Å². The first-order valence-electron chi connectivity index (χ1n) is 9.45. The Bertz CT molecular complexity index is 1030. The third-order valence-corrected chi connectivity index (χ3v) is 4.90. The molecule has 1 aromatic carbocycles. The Labute approximate surface area is 175 Å². The quantitative estimate of drug-likeness (QED) is 0.426. The van der Waals surface area contributed by atoms with Crippen LogP contribution in [0.4, 0.5) is 0 Å². The predicted molar refractivity (Wildman–Crippen MR) is 112 cm³/mol. The second-order valence-corrected chi connectivity index (χ2v) is 7.22. The van der Waals surface area contributed by atoms with Crippen LogP contribution in [0.5, 0.6) is 5.88 Å². The van der Waals surface area contributed by atoms with Crippen molar-refractivity contribution in [2.24, 2.45) is 10.7 Å². The van der Waals surface area contributed by atoms with E-state index in [2.05, 4.69) is 20.9 Å². The molecule has 0 aliphatic carbocycles. The van der Waals surface area contributed by atoms with Gasteiger partial charge in [-0.05, 0) is 18.1 Å². The Hall–Kier alpha value is -3.73. The fourth-order valence-electron chi connectivity index (χ4n) is 3.12. The van der Waals surface area contributed by atoms with Crippen LogP contribution >= 0.6 is 0 Å². The molecule has 154 valence electrons. The third-order valence-electron chi connectivity index (χ3n) is 4.90. The van der Waals surface area contributed by atoms with Crippen molar-refractivity contribution in [3.63, 3.8) is 0 Å². The van der Waals surface area contributed by atoms with Crippen molar-refractivity contribution in [1.29, 1.82) is 0 Å². The zero-order chi connectivity index (χ0) is 21.7. The SMILES string of the molecule is C#CCCOc1cnc(C(=O)Cc2cccc(C3(C)CC(=O)N(C)C(N)=N3)c2)cn1. The van der Waals surface area contributed by atoms with Gasteiger partial charge in [0.1, 0.15) is 12.3 Å². The summed E-state index contributed by atoms with van der Waals surface area (Å²) in [7, 11) is 1.60. The highest BCUT2D eigenvalue weighted by molar-refractivity contribution is 5.99. The molecule has 2 heterocycles. The van der Waals surface area contributed by atoms with E-state index in [0.717, 1.165) is 11.1 Å². The summed E-state index contributed by atoms with van der Waals surface area (Å²) in [5.74, 6) is 2.68. The summed E-state index contributed by atoms with van der Waals surface area (Å²) in [5, 5.41) is 0. The number of carbonyl (C=O) groups excluding carboxylic acids is 2. The molecule has 1 unspecified atom stereocenters. The maximum absolute atomic E-state index is 12.6. The van der Waals surface area contributed by atoms with E-state index in [1.165, 1.54) is 17.3 Å². The highest BCUT2D eigenvalue weighted by Crippen LogP contribution is 2.33. The zero-order valence-electron chi connectivity index (χ0n) is 17.0. The Morgan fingerprint density at radius 1 is 1.37 bits per heavy atom. The highest BCUT2D eigenvalue weighted by Gasteiger charge is 2.36. The smallest absolute Gasteiger partial charge is 0.232 e. The van der Waals surface area contributed by atoms with Gasteiger partial charge in [0.15, 0.2) is 11.7 Å². The molecule has 8 heteroatoms. The van der Waals surface area contributed by atoms with Crippen molar-refractivity contribution < 1.29 is 14.3 Å². The lowest BCUT2D eigenvalue weighted by atomic mass is 9.86. The lowest BCUT2D eigenvalue weighted by Crippen LogP contribution is -2.47. The van der Waals surface area contributed by atoms with Crippen molar-refractivity contribution >= 4 is 17.6 Å². The number of nitrogens with two attached hydrogens (primary N) is 1. The van der Waals surface area contributed by atoms with Crippen molar-refractivity contribution in [3.8, 4) is 18.2 Å². The van der Waals surface area contributed by atoms with Crippen molar-refractivity contribution in [1.82, 2.24) is 14.9 Å². The minimum atomic E-state index is -0.774. The number of ether oxygens (including phenoxy) is 1. The highest BCUT2D eigenvalue weighted by atomic mass is 16.5. The van der Waals surface area contributed by atoms with E-state index in [0.29, 0.717) is 18.9 Å².